The molecule has 122 valence electrons. The van der Waals surface area contributed by atoms with Crippen LogP contribution in [-0.4, -0.2) is 15.3 Å². The molecule has 0 fully saturated rings. The van der Waals surface area contributed by atoms with Crippen molar-refractivity contribution in [2.75, 3.05) is 10.6 Å². The van der Waals surface area contributed by atoms with Crippen molar-refractivity contribution in [1.29, 1.82) is 0 Å². The molecule has 0 atom stereocenters. The van der Waals surface area contributed by atoms with Crippen LogP contribution in [0.3, 0.4) is 0 Å². The van der Waals surface area contributed by atoms with E-state index < -0.39 is 0 Å². The lowest BCUT2D eigenvalue weighted by molar-refractivity contribution is 0.977. The van der Waals surface area contributed by atoms with Crippen LogP contribution < -0.4 is 21.8 Å². The number of hydrogen-bond acceptors (Lipinski definition) is 3. The molecule has 0 bridgehead atoms. The van der Waals surface area contributed by atoms with Crippen molar-refractivity contribution >= 4 is 39.5 Å². The fourth-order valence-electron chi connectivity index (χ4n) is 2.44. The Kier molecular flexibility index (Phi) is 4.43. The van der Waals surface area contributed by atoms with Gasteiger partial charge in [0.15, 0.2) is 5.11 Å². The van der Waals surface area contributed by atoms with Crippen LogP contribution in [0.4, 0.5) is 11.4 Å². The van der Waals surface area contributed by atoms with Crippen LogP contribution in [0.5, 0.6) is 0 Å². The van der Waals surface area contributed by atoms with Crippen molar-refractivity contribution in [1.82, 2.24) is 10.2 Å². The number of hydrogen-bond donors (Lipinski definition) is 4. The minimum Gasteiger partial charge on any atom is -0.332 e. The van der Waals surface area contributed by atoms with E-state index in [1.807, 2.05) is 24.3 Å². The first-order valence-electron chi connectivity index (χ1n) is 7.49. The molecule has 6 nitrogen and oxygen atoms in total. The van der Waals surface area contributed by atoms with E-state index in [4.69, 9.17) is 12.2 Å². The zero-order chi connectivity index (χ0) is 17.1. The van der Waals surface area contributed by atoms with Gasteiger partial charge in [0.25, 0.3) is 11.1 Å². The summed E-state index contributed by atoms with van der Waals surface area (Å²) in [5, 5.41) is 11.6. The number of rotatable bonds is 3. The molecule has 1 heterocycles. The van der Waals surface area contributed by atoms with Gasteiger partial charge in [-0.15, -0.1) is 0 Å². The summed E-state index contributed by atoms with van der Waals surface area (Å²) in [5.74, 6) is 0. The molecule has 2 aromatic carbocycles. The summed E-state index contributed by atoms with van der Waals surface area (Å²) in [6.45, 7) is 2.09. The third kappa shape index (κ3) is 3.21. The van der Waals surface area contributed by atoms with Crippen LogP contribution in [0, 0.1) is 0 Å². The molecular weight excluding hydrogens is 324 g/mol. The normalized spacial score (nSPS) is 10.5. The Hall–Kier alpha value is -2.93. The number of fused-ring (bicyclic) bond motifs is 1. The molecule has 0 amide bonds. The summed E-state index contributed by atoms with van der Waals surface area (Å²) >= 11 is 5.30. The largest absolute Gasteiger partial charge is 0.332 e. The number of thiocarbonyl (C=S) groups is 1. The molecule has 0 saturated carbocycles. The van der Waals surface area contributed by atoms with E-state index >= 15 is 0 Å². The zero-order valence-electron chi connectivity index (χ0n) is 13.0. The highest BCUT2D eigenvalue weighted by Crippen LogP contribution is 2.17. The first-order chi connectivity index (χ1) is 11.6. The van der Waals surface area contributed by atoms with Gasteiger partial charge in [-0.05, 0) is 48.5 Å². The lowest BCUT2D eigenvalue weighted by atomic mass is 10.1. The summed E-state index contributed by atoms with van der Waals surface area (Å²) in [4.78, 5) is 23.9. The van der Waals surface area contributed by atoms with Gasteiger partial charge in [0.2, 0.25) is 0 Å². The van der Waals surface area contributed by atoms with Crippen LogP contribution in [0.1, 0.15) is 12.5 Å². The summed E-state index contributed by atoms with van der Waals surface area (Å²) in [6.07, 6.45) is 0.969. The van der Waals surface area contributed by atoms with Crippen molar-refractivity contribution in [2.24, 2.45) is 0 Å². The van der Waals surface area contributed by atoms with E-state index in [0.717, 1.165) is 12.1 Å². The van der Waals surface area contributed by atoms with Gasteiger partial charge in [-0.2, -0.15) is 0 Å². The Morgan fingerprint density at radius 1 is 1.00 bits per heavy atom. The number of H-pyrrole nitrogens is 2. The number of nitrogens with one attached hydrogen (secondary N) is 4. The van der Waals surface area contributed by atoms with Gasteiger partial charge in [0, 0.05) is 5.69 Å². The first-order valence-corrected chi connectivity index (χ1v) is 7.90. The molecule has 0 aliphatic carbocycles. The molecule has 0 spiro atoms. The van der Waals surface area contributed by atoms with E-state index in [-0.39, 0.29) is 16.5 Å². The average molecular weight is 340 g/mol. The third-order valence-electron chi connectivity index (χ3n) is 3.69. The molecule has 0 unspecified atom stereocenters. The topological polar surface area (TPSA) is 89.8 Å². The SMILES string of the molecule is CCc1ccc(NC(=S)Nc2cccc3c(=O)[nH][nH]c(=O)c23)cc1. The molecule has 4 N–H and O–H groups in total. The monoisotopic (exact) mass is 340 g/mol. The summed E-state index contributed by atoms with van der Waals surface area (Å²) in [5.41, 5.74) is 1.81. The summed E-state index contributed by atoms with van der Waals surface area (Å²) in [7, 11) is 0. The Morgan fingerprint density at radius 3 is 2.42 bits per heavy atom. The number of aromatic nitrogens is 2. The van der Waals surface area contributed by atoms with Crippen molar-refractivity contribution < 1.29 is 0 Å². The predicted molar refractivity (Wildman–Crippen MR) is 101 cm³/mol. The lowest BCUT2D eigenvalue weighted by Gasteiger charge is -2.12. The first kappa shape index (κ1) is 15.9. The maximum Gasteiger partial charge on any atom is 0.272 e. The van der Waals surface area contributed by atoms with Gasteiger partial charge in [0.05, 0.1) is 16.5 Å². The van der Waals surface area contributed by atoms with Gasteiger partial charge in [-0.1, -0.05) is 25.1 Å². The minimum absolute atomic E-state index is 0.270. The second kappa shape index (κ2) is 6.67. The molecule has 1 aromatic heterocycles. The van der Waals surface area contributed by atoms with E-state index in [0.29, 0.717) is 16.2 Å². The van der Waals surface area contributed by atoms with Crippen molar-refractivity contribution in [2.45, 2.75) is 13.3 Å². The number of aromatic amines is 2. The third-order valence-corrected chi connectivity index (χ3v) is 3.90. The number of aryl methyl sites for hydroxylation is 1. The zero-order valence-corrected chi connectivity index (χ0v) is 13.8. The minimum atomic E-state index is -0.386. The second-order valence-electron chi connectivity index (χ2n) is 5.27. The maximum absolute atomic E-state index is 12.0. The van der Waals surface area contributed by atoms with Crippen molar-refractivity contribution in [3.05, 3.63) is 68.7 Å². The standard InChI is InChI=1S/C17H16N4O2S/c1-2-10-6-8-11(9-7-10)18-17(24)19-13-5-3-4-12-14(13)16(23)21-20-15(12)22/h3-9H,2H2,1H3,(H,20,22)(H,21,23)(H2,18,19,24). The molecule has 0 aliphatic rings. The van der Waals surface area contributed by atoms with Crippen LogP contribution in [-0.2, 0) is 6.42 Å². The van der Waals surface area contributed by atoms with E-state index in [1.165, 1.54) is 5.56 Å². The molecule has 3 rings (SSSR count). The highest BCUT2D eigenvalue weighted by atomic mass is 32.1. The smallest absolute Gasteiger partial charge is 0.272 e. The molecule has 24 heavy (non-hydrogen) atoms. The molecular formula is C17H16N4O2S. The van der Waals surface area contributed by atoms with E-state index in [2.05, 4.69) is 27.8 Å². The Labute approximate surface area is 142 Å². The molecule has 0 aliphatic heterocycles. The summed E-state index contributed by atoms with van der Waals surface area (Å²) < 4.78 is 0. The number of anilines is 2. The highest BCUT2D eigenvalue weighted by molar-refractivity contribution is 7.80. The average Bonchev–Trinajstić information content (AvgIpc) is 2.59. The molecule has 3 aromatic rings. The van der Waals surface area contributed by atoms with Crippen LogP contribution in [0.15, 0.2) is 52.1 Å². The van der Waals surface area contributed by atoms with E-state index in [1.54, 1.807) is 18.2 Å². The van der Waals surface area contributed by atoms with Gasteiger partial charge < -0.3 is 10.6 Å². The Morgan fingerprint density at radius 2 is 1.71 bits per heavy atom. The van der Waals surface area contributed by atoms with Crippen molar-refractivity contribution in [3.8, 4) is 0 Å². The van der Waals surface area contributed by atoms with Gasteiger partial charge in [0.1, 0.15) is 0 Å². The van der Waals surface area contributed by atoms with Crippen LogP contribution in [0.2, 0.25) is 0 Å². The summed E-state index contributed by atoms with van der Waals surface area (Å²) in [6, 6.07) is 12.9. The van der Waals surface area contributed by atoms with Crippen LogP contribution >= 0.6 is 12.2 Å². The Bertz CT molecular complexity index is 1010. The molecule has 7 heteroatoms. The van der Waals surface area contributed by atoms with Crippen molar-refractivity contribution in [3.63, 3.8) is 0 Å². The van der Waals surface area contributed by atoms with Gasteiger partial charge in [-0.3, -0.25) is 19.8 Å². The lowest BCUT2D eigenvalue weighted by Crippen LogP contribution is -2.23. The molecule has 0 radical (unpaired) electrons. The fraction of sp³-hybridized carbons (Fsp3) is 0.118. The molecule has 0 saturated heterocycles. The fourth-order valence-corrected chi connectivity index (χ4v) is 2.67. The number of benzene rings is 2. The highest BCUT2D eigenvalue weighted by Gasteiger charge is 2.09. The van der Waals surface area contributed by atoms with Gasteiger partial charge >= 0.3 is 0 Å². The van der Waals surface area contributed by atoms with E-state index in [9.17, 15) is 9.59 Å². The maximum atomic E-state index is 12.0. The quantitative estimate of drug-likeness (QED) is 0.550. The van der Waals surface area contributed by atoms with Crippen LogP contribution in [0.25, 0.3) is 10.8 Å². The predicted octanol–water partition coefficient (Wildman–Crippen LogP) is 2.59. The Balaban J connectivity index is 1.86. The second-order valence-corrected chi connectivity index (χ2v) is 5.67. The van der Waals surface area contributed by atoms with Gasteiger partial charge in [-0.25, -0.2) is 0 Å².